The molecule has 2 rings (SSSR count). The summed E-state index contributed by atoms with van der Waals surface area (Å²) in [5.41, 5.74) is 0.352. The van der Waals surface area contributed by atoms with Crippen LogP contribution in [0.4, 0.5) is 0 Å². The zero-order valence-electron chi connectivity index (χ0n) is 14.5. The van der Waals surface area contributed by atoms with Gasteiger partial charge in [0.15, 0.2) is 0 Å². The van der Waals surface area contributed by atoms with Gasteiger partial charge in [0.25, 0.3) is 0 Å². The maximum atomic E-state index is 5.85. The van der Waals surface area contributed by atoms with Crippen LogP contribution in [-0.2, 0) is 4.74 Å². The van der Waals surface area contributed by atoms with Gasteiger partial charge in [-0.15, -0.1) is 0 Å². The van der Waals surface area contributed by atoms with Gasteiger partial charge in [-0.1, -0.05) is 20.8 Å². The van der Waals surface area contributed by atoms with Crippen LogP contribution in [-0.4, -0.2) is 48.8 Å². The molecule has 2 heterocycles. The lowest BCUT2D eigenvalue weighted by Crippen LogP contribution is -2.60. The second kappa shape index (κ2) is 8.50. The van der Waals surface area contributed by atoms with Crippen molar-refractivity contribution >= 4 is 0 Å². The molecule has 0 aromatic rings. The Morgan fingerprint density at radius 2 is 1.86 bits per heavy atom. The lowest BCUT2D eigenvalue weighted by molar-refractivity contribution is 0.0457. The van der Waals surface area contributed by atoms with Gasteiger partial charge in [-0.3, -0.25) is 4.90 Å². The van der Waals surface area contributed by atoms with Gasteiger partial charge >= 0.3 is 0 Å². The predicted molar refractivity (Wildman–Crippen MR) is 89.8 cm³/mol. The predicted octanol–water partition coefficient (Wildman–Crippen LogP) is 3.58. The van der Waals surface area contributed by atoms with Crippen LogP contribution in [0.3, 0.4) is 0 Å². The van der Waals surface area contributed by atoms with Crippen LogP contribution >= 0.6 is 0 Å². The van der Waals surface area contributed by atoms with Crippen molar-refractivity contribution in [2.45, 2.75) is 89.8 Å². The zero-order chi connectivity index (χ0) is 15.1. The molecule has 0 bridgehead atoms. The van der Waals surface area contributed by atoms with Crippen molar-refractivity contribution in [1.29, 1.82) is 0 Å². The second-order valence-electron chi connectivity index (χ2n) is 6.83. The first-order valence-electron chi connectivity index (χ1n) is 9.36. The number of rotatable bonds is 9. The molecule has 0 aromatic carbocycles. The summed E-state index contributed by atoms with van der Waals surface area (Å²) in [4.78, 5) is 2.79. The van der Waals surface area contributed by atoms with Crippen LogP contribution in [0.25, 0.3) is 0 Å². The molecule has 2 saturated heterocycles. The standard InChI is InChI=1S/C18H36N2O/c1-4-18(5-2,20-13-7-8-14-20)17(19-6-3)12-11-16-10-9-15-21-16/h16-17,19H,4-15H2,1-3H3. The molecule has 3 nitrogen and oxygen atoms in total. The van der Waals surface area contributed by atoms with E-state index in [4.69, 9.17) is 4.74 Å². The summed E-state index contributed by atoms with van der Waals surface area (Å²) in [6.45, 7) is 11.7. The molecular formula is C18H36N2O. The summed E-state index contributed by atoms with van der Waals surface area (Å²) in [6, 6.07) is 0.611. The van der Waals surface area contributed by atoms with Crippen molar-refractivity contribution in [2.24, 2.45) is 0 Å². The van der Waals surface area contributed by atoms with Gasteiger partial charge < -0.3 is 10.1 Å². The minimum absolute atomic E-state index is 0.352. The highest BCUT2D eigenvalue weighted by Gasteiger charge is 2.41. The van der Waals surface area contributed by atoms with Crippen LogP contribution in [0.2, 0.25) is 0 Å². The third kappa shape index (κ3) is 4.00. The maximum Gasteiger partial charge on any atom is 0.0576 e. The van der Waals surface area contributed by atoms with Crippen molar-refractivity contribution in [1.82, 2.24) is 10.2 Å². The summed E-state index contributed by atoms with van der Waals surface area (Å²) < 4.78 is 5.85. The fraction of sp³-hybridized carbons (Fsp3) is 1.00. The van der Waals surface area contributed by atoms with E-state index in [2.05, 4.69) is 31.0 Å². The minimum Gasteiger partial charge on any atom is -0.378 e. The highest BCUT2D eigenvalue weighted by Crippen LogP contribution is 2.34. The highest BCUT2D eigenvalue weighted by atomic mass is 16.5. The molecule has 0 aromatic heterocycles. The van der Waals surface area contributed by atoms with Crippen LogP contribution in [0.15, 0.2) is 0 Å². The first kappa shape index (κ1) is 17.2. The van der Waals surface area contributed by atoms with E-state index < -0.39 is 0 Å². The monoisotopic (exact) mass is 296 g/mol. The molecule has 3 heteroatoms. The number of hydrogen-bond acceptors (Lipinski definition) is 3. The Labute approximate surface area is 131 Å². The van der Waals surface area contributed by atoms with Crippen LogP contribution < -0.4 is 5.32 Å². The van der Waals surface area contributed by atoms with Gasteiger partial charge in [-0.2, -0.15) is 0 Å². The molecule has 1 N–H and O–H groups in total. The summed E-state index contributed by atoms with van der Waals surface area (Å²) in [5, 5.41) is 3.83. The number of hydrogen-bond donors (Lipinski definition) is 1. The van der Waals surface area contributed by atoms with E-state index >= 15 is 0 Å². The Kier molecular flexibility index (Phi) is 6.97. The van der Waals surface area contributed by atoms with Gasteiger partial charge in [0.1, 0.15) is 0 Å². The Balaban J connectivity index is 2.03. The van der Waals surface area contributed by atoms with Crippen molar-refractivity contribution in [2.75, 3.05) is 26.2 Å². The van der Waals surface area contributed by atoms with Gasteiger partial charge in [0.2, 0.25) is 0 Å². The molecule has 2 fully saturated rings. The Morgan fingerprint density at radius 3 is 2.38 bits per heavy atom. The van der Waals surface area contributed by atoms with Crippen molar-refractivity contribution in [3.8, 4) is 0 Å². The summed E-state index contributed by atoms with van der Waals surface area (Å²) >= 11 is 0. The van der Waals surface area contributed by atoms with Crippen molar-refractivity contribution in [3.05, 3.63) is 0 Å². The second-order valence-corrected chi connectivity index (χ2v) is 6.83. The number of likely N-dealkylation sites (tertiary alicyclic amines) is 1. The molecule has 2 atom stereocenters. The highest BCUT2D eigenvalue weighted by molar-refractivity contribution is 5.00. The van der Waals surface area contributed by atoms with Crippen molar-refractivity contribution in [3.63, 3.8) is 0 Å². The lowest BCUT2D eigenvalue weighted by Gasteiger charge is -2.47. The van der Waals surface area contributed by atoms with Gasteiger partial charge in [-0.05, 0) is 71.0 Å². The smallest absolute Gasteiger partial charge is 0.0576 e. The van der Waals surface area contributed by atoms with E-state index in [0.29, 0.717) is 17.7 Å². The van der Waals surface area contributed by atoms with Gasteiger partial charge in [0, 0.05) is 18.2 Å². The van der Waals surface area contributed by atoms with E-state index in [1.165, 1.54) is 64.5 Å². The number of nitrogens with one attached hydrogen (secondary N) is 1. The Morgan fingerprint density at radius 1 is 1.14 bits per heavy atom. The largest absolute Gasteiger partial charge is 0.378 e. The SMILES string of the molecule is CCNC(CCC1CCCO1)C(CC)(CC)N1CCCC1. The molecule has 124 valence electrons. The molecule has 0 aliphatic carbocycles. The molecule has 2 unspecified atom stereocenters. The van der Waals surface area contributed by atoms with E-state index in [1.807, 2.05) is 0 Å². The zero-order valence-corrected chi connectivity index (χ0v) is 14.5. The molecule has 0 amide bonds. The molecule has 21 heavy (non-hydrogen) atoms. The van der Waals surface area contributed by atoms with Gasteiger partial charge in [0.05, 0.1) is 6.10 Å². The number of ether oxygens (including phenoxy) is 1. The third-order valence-corrected chi connectivity index (χ3v) is 5.86. The van der Waals surface area contributed by atoms with E-state index in [-0.39, 0.29) is 0 Å². The van der Waals surface area contributed by atoms with Crippen LogP contribution in [0.1, 0.15) is 72.1 Å². The minimum atomic E-state index is 0.352. The summed E-state index contributed by atoms with van der Waals surface area (Å²) in [5.74, 6) is 0. The van der Waals surface area contributed by atoms with E-state index in [0.717, 1.165) is 13.2 Å². The Hall–Kier alpha value is -0.120. The average molecular weight is 296 g/mol. The van der Waals surface area contributed by atoms with Crippen LogP contribution in [0.5, 0.6) is 0 Å². The molecule has 2 aliphatic rings. The Bertz CT molecular complexity index is 279. The summed E-state index contributed by atoms with van der Waals surface area (Å²) in [6.07, 6.45) is 10.8. The van der Waals surface area contributed by atoms with Crippen LogP contribution in [0, 0.1) is 0 Å². The molecule has 0 saturated carbocycles. The summed E-state index contributed by atoms with van der Waals surface area (Å²) in [7, 11) is 0. The molecule has 0 spiro atoms. The quantitative estimate of drug-likeness (QED) is 0.704. The lowest BCUT2D eigenvalue weighted by atomic mass is 9.80. The molecule has 0 radical (unpaired) electrons. The van der Waals surface area contributed by atoms with Crippen molar-refractivity contribution < 1.29 is 4.74 Å². The fourth-order valence-corrected chi connectivity index (χ4v) is 4.60. The first-order valence-corrected chi connectivity index (χ1v) is 9.36. The number of nitrogens with zero attached hydrogens (tertiary/aromatic N) is 1. The van der Waals surface area contributed by atoms with Gasteiger partial charge in [-0.25, -0.2) is 0 Å². The average Bonchev–Trinajstić information content (AvgIpc) is 3.20. The normalized spacial score (nSPS) is 25.6. The number of likely N-dealkylation sites (N-methyl/N-ethyl adjacent to an activating group) is 1. The van der Waals surface area contributed by atoms with E-state index in [9.17, 15) is 0 Å². The molecular weight excluding hydrogens is 260 g/mol. The molecule has 2 aliphatic heterocycles. The first-order chi connectivity index (χ1) is 10.3. The third-order valence-electron chi connectivity index (χ3n) is 5.86. The van der Waals surface area contributed by atoms with E-state index in [1.54, 1.807) is 0 Å². The maximum absolute atomic E-state index is 5.85. The fourth-order valence-electron chi connectivity index (χ4n) is 4.60. The topological polar surface area (TPSA) is 24.5 Å².